The lowest BCUT2D eigenvalue weighted by Crippen LogP contribution is -2.13. The van der Waals surface area contributed by atoms with Gasteiger partial charge in [0.2, 0.25) is 0 Å². The number of hydrogen-bond acceptors (Lipinski definition) is 5. The number of nitrogens with one attached hydrogen (secondary N) is 2. The zero-order valence-electron chi connectivity index (χ0n) is 14.1. The predicted octanol–water partition coefficient (Wildman–Crippen LogP) is 4.45. The van der Waals surface area contributed by atoms with Crippen molar-refractivity contribution < 1.29 is 0 Å². The number of fused-ring (bicyclic) bond motifs is 1. The summed E-state index contributed by atoms with van der Waals surface area (Å²) in [6.07, 6.45) is 3.58. The first-order valence-corrected chi connectivity index (χ1v) is 8.84. The number of H-pyrrole nitrogens is 1. The minimum atomic E-state index is -0.0204. The third-order valence-electron chi connectivity index (χ3n) is 3.72. The van der Waals surface area contributed by atoms with Crippen molar-refractivity contribution in [3.63, 3.8) is 0 Å². The largest absolute Gasteiger partial charge is 0.386 e. The Morgan fingerprint density at radius 1 is 1.21 bits per heavy atom. The van der Waals surface area contributed by atoms with Gasteiger partial charge in [-0.2, -0.15) is 0 Å². The van der Waals surface area contributed by atoms with E-state index in [1.165, 1.54) is 0 Å². The van der Waals surface area contributed by atoms with Crippen LogP contribution in [0.4, 0.5) is 11.4 Å². The Hall–Kier alpha value is -2.03. The Morgan fingerprint density at radius 2 is 2.00 bits per heavy atom. The fourth-order valence-electron chi connectivity index (χ4n) is 2.36. The number of benzene rings is 1. The minimum absolute atomic E-state index is 0.0204. The fourth-order valence-corrected chi connectivity index (χ4v) is 2.66. The molecule has 0 bridgehead atoms. The summed E-state index contributed by atoms with van der Waals surface area (Å²) >= 11 is 2.11. The predicted molar refractivity (Wildman–Crippen MR) is 108 cm³/mol. The number of aromatic amines is 1. The van der Waals surface area contributed by atoms with E-state index in [1.54, 1.807) is 10.4 Å². The smallest absolute Gasteiger partial charge is 0.158 e. The van der Waals surface area contributed by atoms with Crippen molar-refractivity contribution in [2.75, 3.05) is 12.4 Å². The summed E-state index contributed by atoms with van der Waals surface area (Å²) in [6.45, 7) is 6.35. The van der Waals surface area contributed by atoms with Crippen LogP contribution >= 0.6 is 22.6 Å². The molecule has 6 nitrogen and oxygen atoms in total. The molecule has 0 fully saturated rings. The van der Waals surface area contributed by atoms with Crippen LogP contribution in [-0.4, -0.2) is 31.2 Å². The summed E-state index contributed by atoms with van der Waals surface area (Å²) in [7, 11) is 1.87. The van der Waals surface area contributed by atoms with Crippen molar-refractivity contribution >= 4 is 49.2 Å². The number of hydrogen-bond donors (Lipinski definition) is 2. The van der Waals surface area contributed by atoms with Gasteiger partial charge in [0.1, 0.15) is 5.69 Å². The van der Waals surface area contributed by atoms with Crippen LogP contribution in [-0.2, 0) is 5.41 Å². The van der Waals surface area contributed by atoms with Crippen LogP contribution in [0.15, 0.2) is 29.5 Å². The van der Waals surface area contributed by atoms with Crippen LogP contribution in [0.2, 0.25) is 0 Å². The highest BCUT2D eigenvalue weighted by Gasteiger charge is 2.16. The summed E-state index contributed by atoms with van der Waals surface area (Å²) in [6, 6.07) is 3.95. The molecule has 2 heterocycles. The van der Waals surface area contributed by atoms with Gasteiger partial charge in [0.05, 0.1) is 38.5 Å². The zero-order valence-corrected chi connectivity index (χ0v) is 16.2. The van der Waals surface area contributed by atoms with Gasteiger partial charge < -0.3 is 10.3 Å². The Labute approximate surface area is 154 Å². The van der Waals surface area contributed by atoms with Gasteiger partial charge >= 0.3 is 0 Å². The zero-order chi connectivity index (χ0) is 17.3. The van der Waals surface area contributed by atoms with Crippen molar-refractivity contribution in [3.8, 4) is 11.5 Å². The number of halogens is 1. The topological polar surface area (TPSA) is 78.9 Å². The van der Waals surface area contributed by atoms with E-state index in [-0.39, 0.29) is 5.41 Å². The Balaban J connectivity index is 2.04. The van der Waals surface area contributed by atoms with Crippen LogP contribution in [0, 0.1) is 0 Å². The number of aromatic nitrogens is 4. The number of imidazole rings is 1. The second-order valence-electron chi connectivity index (χ2n) is 6.49. The second-order valence-corrected chi connectivity index (χ2v) is 7.04. The summed E-state index contributed by atoms with van der Waals surface area (Å²) in [4.78, 5) is 21.3. The van der Waals surface area contributed by atoms with Gasteiger partial charge in [-0.1, -0.05) is 20.8 Å². The number of anilines is 1. The second kappa shape index (κ2) is 6.46. The molecule has 0 aliphatic heterocycles. The van der Waals surface area contributed by atoms with Crippen LogP contribution in [0.3, 0.4) is 0 Å². The summed E-state index contributed by atoms with van der Waals surface area (Å²) in [5.74, 6) is 0.704. The first-order valence-electron chi connectivity index (χ1n) is 7.59. The Morgan fingerprint density at radius 3 is 2.58 bits per heavy atom. The van der Waals surface area contributed by atoms with E-state index in [9.17, 15) is 0 Å². The molecule has 124 valence electrons. The van der Waals surface area contributed by atoms with Crippen molar-refractivity contribution in [1.82, 2.24) is 19.9 Å². The molecular formula is C17H19IN6. The molecule has 2 N–H and O–H groups in total. The molecule has 7 heteroatoms. The quantitative estimate of drug-likeness (QED) is 0.472. The molecule has 0 aliphatic rings. The van der Waals surface area contributed by atoms with Crippen LogP contribution in [0.25, 0.3) is 22.6 Å². The van der Waals surface area contributed by atoms with Crippen LogP contribution in [0.1, 0.15) is 26.5 Å². The number of aliphatic imine (C=N–C) groups is 1. The lowest BCUT2D eigenvalue weighted by Gasteiger charge is -2.16. The monoisotopic (exact) mass is 434 g/mol. The molecule has 0 amide bonds. The maximum Gasteiger partial charge on any atom is 0.158 e. The van der Waals surface area contributed by atoms with Crippen LogP contribution < -0.4 is 5.32 Å². The average molecular weight is 434 g/mol. The normalized spacial score (nSPS) is 12.2. The third kappa shape index (κ3) is 3.26. The van der Waals surface area contributed by atoms with E-state index in [2.05, 4.69) is 73.6 Å². The molecule has 0 unspecified atom stereocenters. The Kier molecular flexibility index (Phi) is 4.53. The molecule has 0 radical (unpaired) electrons. The standard InChI is InChI=1S/C17H19IN6/c1-17(2,3)15-8-20-14(7-21-15)16-23-12-5-10(19-4)11(22-9-18)6-13(12)24-16/h5-9,19H,1-4H3,(H,23,24). The third-order valence-corrected chi connectivity index (χ3v) is 4.00. The molecule has 24 heavy (non-hydrogen) atoms. The van der Waals surface area contributed by atoms with Gasteiger partial charge in [-0.25, -0.2) is 15.0 Å². The lowest BCUT2D eigenvalue weighted by molar-refractivity contribution is 0.565. The van der Waals surface area contributed by atoms with Gasteiger partial charge in [0.25, 0.3) is 0 Å². The highest BCUT2D eigenvalue weighted by atomic mass is 127. The fraction of sp³-hybridized carbons (Fsp3) is 0.294. The van der Waals surface area contributed by atoms with E-state index < -0.39 is 0 Å². The molecular weight excluding hydrogens is 415 g/mol. The van der Waals surface area contributed by atoms with Crippen LogP contribution in [0.5, 0.6) is 0 Å². The van der Waals surface area contributed by atoms with E-state index >= 15 is 0 Å². The van der Waals surface area contributed by atoms with Crippen molar-refractivity contribution in [2.24, 2.45) is 4.99 Å². The molecule has 2 aromatic heterocycles. The van der Waals surface area contributed by atoms with E-state index in [1.807, 2.05) is 25.4 Å². The minimum Gasteiger partial charge on any atom is -0.386 e. The molecule has 0 saturated carbocycles. The summed E-state index contributed by atoms with van der Waals surface area (Å²) in [5, 5.41) is 3.15. The average Bonchev–Trinajstić information content (AvgIpc) is 2.96. The summed E-state index contributed by atoms with van der Waals surface area (Å²) in [5.41, 5.74) is 5.24. The highest BCUT2D eigenvalue weighted by molar-refractivity contribution is 14.1. The van der Waals surface area contributed by atoms with E-state index in [0.717, 1.165) is 33.8 Å². The SMILES string of the molecule is CNc1cc2nc(-c3cnc(C(C)(C)C)cn3)[nH]c2cc1N=CI. The Bertz CT molecular complexity index is 890. The van der Waals surface area contributed by atoms with Gasteiger partial charge in [0, 0.05) is 18.7 Å². The summed E-state index contributed by atoms with van der Waals surface area (Å²) < 4.78 is 1.74. The maximum absolute atomic E-state index is 4.63. The highest BCUT2D eigenvalue weighted by Crippen LogP contribution is 2.31. The van der Waals surface area contributed by atoms with E-state index in [4.69, 9.17) is 0 Å². The molecule has 1 aromatic carbocycles. The maximum atomic E-state index is 4.63. The number of nitrogens with zero attached hydrogens (tertiary/aromatic N) is 4. The molecule has 0 atom stereocenters. The van der Waals surface area contributed by atoms with Gasteiger partial charge in [-0.15, -0.1) is 0 Å². The lowest BCUT2D eigenvalue weighted by atomic mass is 9.93. The molecule has 3 aromatic rings. The van der Waals surface area contributed by atoms with Crippen molar-refractivity contribution in [2.45, 2.75) is 26.2 Å². The van der Waals surface area contributed by atoms with Gasteiger partial charge in [-0.05, 0) is 34.7 Å². The first kappa shape index (κ1) is 16.8. The molecule has 0 saturated heterocycles. The molecule has 0 spiro atoms. The van der Waals surface area contributed by atoms with Crippen molar-refractivity contribution in [3.05, 3.63) is 30.2 Å². The first-order chi connectivity index (χ1) is 11.4. The van der Waals surface area contributed by atoms with Gasteiger partial charge in [-0.3, -0.25) is 4.98 Å². The van der Waals surface area contributed by atoms with Gasteiger partial charge in [0.15, 0.2) is 5.82 Å². The van der Waals surface area contributed by atoms with Crippen molar-refractivity contribution in [1.29, 1.82) is 0 Å². The van der Waals surface area contributed by atoms with E-state index in [0.29, 0.717) is 5.82 Å². The molecule has 3 rings (SSSR count). The number of rotatable bonds is 3. The molecule has 0 aliphatic carbocycles.